The lowest BCUT2D eigenvalue weighted by atomic mass is 10.0. The fraction of sp³-hybridized carbons (Fsp3) is 0.200. The van der Waals surface area contributed by atoms with E-state index in [9.17, 15) is 4.39 Å². The Bertz CT molecular complexity index is 652. The molecule has 2 aromatic carbocycles. The molecule has 5 heteroatoms. The summed E-state index contributed by atoms with van der Waals surface area (Å²) in [5, 5.41) is 0. The van der Waals surface area contributed by atoms with E-state index >= 15 is 0 Å². The van der Waals surface area contributed by atoms with Crippen LogP contribution in [0.5, 0.6) is 5.75 Å². The van der Waals surface area contributed by atoms with Crippen molar-refractivity contribution in [2.45, 2.75) is 11.2 Å². The minimum Gasteiger partial charge on any atom is -0.493 e. The molecule has 0 spiro atoms. The molecule has 1 nitrogen and oxygen atoms in total. The summed E-state index contributed by atoms with van der Waals surface area (Å²) in [7, 11) is 0. The minimum atomic E-state index is -0.262. The quantitative estimate of drug-likeness (QED) is 0.513. The first-order valence-corrected chi connectivity index (χ1v) is 8.61. The second kappa shape index (κ2) is 5.78. The highest BCUT2D eigenvalue weighted by atomic mass is 79.9. The highest BCUT2D eigenvalue weighted by molar-refractivity contribution is 9.11. The summed E-state index contributed by atoms with van der Waals surface area (Å²) in [4.78, 5) is -0.262. The molecule has 1 atom stereocenters. The normalized spacial score (nSPS) is 14.8. The van der Waals surface area contributed by atoms with Crippen LogP contribution in [0.1, 0.15) is 21.5 Å². The lowest BCUT2D eigenvalue weighted by Gasteiger charge is -2.17. The van der Waals surface area contributed by atoms with Gasteiger partial charge in [-0.1, -0.05) is 53.9 Å². The van der Waals surface area contributed by atoms with Crippen LogP contribution in [0, 0.1) is 5.82 Å². The predicted molar refractivity (Wildman–Crippen MR) is 88.2 cm³/mol. The molecule has 0 bridgehead atoms. The molecule has 1 aliphatic rings. The van der Waals surface area contributed by atoms with Crippen molar-refractivity contribution in [3.05, 3.63) is 61.8 Å². The lowest BCUT2D eigenvalue weighted by Crippen LogP contribution is -2.01. The van der Waals surface area contributed by atoms with Gasteiger partial charge in [-0.25, -0.2) is 4.39 Å². The molecule has 0 radical (unpaired) electrons. The first kappa shape index (κ1) is 14.5. The van der Waals surface area contributed by atoms with Gasteiger partial charge in [0, 0.05) is 26.5 Å². The molecule has 0 saturated heterocycles. The molecule has 0 fully saturated rings. The number of alkyl halides is 1. The summed E-state index contributed by atoms with van der Waals surface area (Å²) in [6, 6.07) is 9.02. The number of hydrogen-bond donors (Lipinski definition) is 0. The van der Waals surface area contributed by atoms with Crippen molar-refractivity contribution >= 4 is 47.8 Å². The van der Waals surface area contributed by atoms with Crippen LogP contribution in [0.3, 0.4) is 0 Å². The van der Waals surface area contributed by atoms with Crippen molar-refractivity contribution < 1.29 is 9.13 Å². The number of fused-ring (bicyclic) bond motifs is 1. The highest BCUT2D eigenvalue weighted by Crippen LogP contribution is 2.44. The molecule has 104 valence electrons. The summed E-state index contributed by atoms with van der Waals surface area (Å²) < 4.78 is 21.6. The molecule has 1 unspecified atom stereocenters. The average Bonchev–Trinajstić information content (AvgIpc) is 2.85. The maximum Gasteiger partial charge on any atom is 0.129 e. The van der Waals surface area contributed by atoms with Gasteiger partial charge in [-0.05, 0) is 29.8 Å². The SMILES string of the molecule is Fc1cccc(Br)c1C(Br)c1cc(Br)cc2c1OCC2. The van der Waals surface area contributed by atoms with E-state index in [-0.39, 0.29) is 10.6 Å². The molecule has 0 amide bonds. The van der Waals surface area contributed by atoms with Crippen LogP contribution in [-0.2, 0) is 6.42 Å². The van der Waals surface area contributed by atoms with Crippen molar-refractivity contribution in [2.75, 3.05) is 6.61 Å². The molecule has 0 saturated carbocycles. The van der Waals surface area contributed by atoms with E-state index < -0.39 is 0 Å². The third kappa shape index (κ3) is 2.55. The van der Waals surface area contributed by atoms with Crippen LogP contribution < -0.4 is 4.74 Å². The van der Waals surface area contributed by atoms with Crippen molar-refractivity contribution in [3.8, 4) is 5.75 Å². The van der Waals surface area contributed by atoms with Crippen molar-refractivity contribution in [1.82, 2.24) is 0 Å². The lowest BCUT2D eigenvalue weighted by molar-refractivity contribution is 0.354. The van der Waals surface area contributed by atoms with Crippen LogP contribution >= 0.6 is 47.8 Å². The summed E-state index contributed by atoms with van der Waals surface area (Å²) in [6.07, 6.45) is 0.889. The van der Waals surface area contributed by atoms with E-state index in [4.69, 9.17) is 4.74 Å². The number of halogens is 4. The van der Waals surface area contributed by atoms with Crippen molar-refractivity contribution in [2.24, 2.45) is 0 Å². The van der Waals surface area contributed by atoms with E-state index in [1.807, 2.05) is 12.1 Å². The maximum absolute atomic E-state index is 14.1. The number of ether oxygens (including phenoxy) is 1. The second-order valence-electron chi connectivity index (χ2n) is 4.58. The Morgan fingerprint density at radius 3 is 2.75 bits per heavy atom. The van der Waals surface area contributed by atoms with Crippen LogP contribution in [-0.4, -0.2) is 6.61 Å². The van der Waals surface area contributed by atoms with E-state index in [1.165, 1.54) is 6.07 Å². The van der Waals surface area contributed by atoms with Crippen molar-refractivity contribution in [1.29, 1.82) is 0 Å². The maximum atomic E-state index is 14.1. The number of rotatable bonds is 2. The Hall–Kier alpha value is -0.390. The van der Waals surface area contributed by atoms with Gasteiger partial charge in [-0.3, -0.25) is 0 Å². The Morgan fingerprint density at radius 2 is 2.00 bits per heavy atom. The number of benzene rings is 2. The Kier molecular flexibility index (Phi) is 4.20. The van der Waals surface area contributed by atoms with Gasteiger partial charge in [-0.2, -0.15) is 0 Å². The standard InChI is InChI=1S/C15H10Br3FO/c16-9-6-8-4-5-20-15(8)10(7-9)14(18)13-11(17)2-1-3-12(13)19/h1-3,6-7,14H,4-5H2. The average molecular weight is 465 g/mol. The fourth-order valence-corrected chi connectivity index (χ4v) is 4.60. The Labute approximate surface area is 141 Å². The van der Waals surface area contributed by atoms with Gasteiger partial charge in [-0.15, -0.1) is 0 Å². The van der Waals surface area contributed by atoms with E-state index in [1.54, 1.807) is 6.07 Å². The topological polar surface area (TPSA) is 9.23 Å². The summed E-state index contributed by atoms with van der Waals surface area (Å²) >= 11 is 10.5. The molecule has 20 heavy (non-hydrogen) atoms. The van der Waals surface area contributed by atoms with Gasteiger partial charge in [0.25, 0.3) is 0 Å². The largest absolute Gasteiger partial charge is 0.493 e. The third-order valence-electron chi connectivity index (χ3n) is 3.30. The fourth-order valence-electron chi connectivity index (χ4n) is 2.39. The van der Waals surface area contributed by atoms with Crippen LogP contribution in [0.25, 0.3) is 0 Å². The summed E-state index contributed by atoms with van der Waals surface area (Å²) in [5.41, 5.74) is 2.69. The zero-order valence-corrected chi connectivity index (χ0v) is 15.1. The number of hydrogen-bond acceptors (Lipinski definition) is 1. The van der Waals surface area contributed by atoms with Crippen LogP contribution in [0.4, 0.5) is 4.39 Å². The van der Waals surface area contributed by atoms with Gasteiger partial charge in [0.15, 0.2) is 0 Å². The second-order valence-corrected chi connectivity index (χ2v) is 7.27. The first-order chi connectivity index (χ1) is 9.58. The summed E-state index contributed by atoms with van der Waals surface area (Å²) in [6.45, 7) is 0.678. The molecular formula is C15H10Br3FO. The molecular weight excluding hydrogens is 455 g/mol. The van der Waals surface area contributed by atoms with Gasteiger partial charge in [0.05, 0.1) is 11.4 Å². The zero-order valence-electron chi connectivity index (χ0n) is 10.3. The first-order valence-electron chi connectivity index (χ1n) is 6.11. The Balaban J connectivity index is 2.14. The molecule has 3 rings (SSSR count). The third-order valence-corrected chi connectivity index (χ3v) is 5.40. The van der Waals surface area contributed by atoms with Crippen molar-refractivity contribution in [3.63, 3.8) is 0 Å². The van der Waals surface area contributed by atoms with Crippen LogP contribution in [0.15, 0.2) is 39.3 Å². The van der Waals surface area contributed by atoms with E-state index in [2.05, 4.69) is 53.9 Å². The highest BCUT2D eigenvalue weighted by Gasteiger charge is 2.25. The summed E-state index contributed by atoms with van der Waals surface area (Å²) in [5.74, 6) is 0.623. The van der Waals surface area contributed by atoms with Gasteiger partial charge in [0.1, 0.15) is 11.6 Å². The minimum absolute atomic E-state index is 0.243. The zero-order chi connectivity index (χ0) is 14.3. The smallest absolute Gasteiger partial charge is 0.129 e. The molecule has 2 aromatic rings. The van der Waals surface area contributed by atoms with Crippen LogP contribution in [0.2, 0.25) is 0 Å². The molecule has 1 heterocycles. The predicted octanol–water partition coefficient (Wildman–Crippen LogP) is 5.77. The van der Waals surface area contributed by atoms with Gasteiger partial charge >= 0.3 is 0 Å². The molecule has 1 aliphatic heterocycles. The molecule has 0 aromatic heterocycles. The molecule has 0 aliphatic carbocycles. The van der Waals surface area contributed by atoms with E-state index in [0.717, 1.165) is 32.2 Å². The van der Waals surface area contributed by atoms with Gasteiger partial charge < -0.3 is 4.74 Å². The van der Waals surface area contributed by atoms with E-state index in [0.29, 0.717) is 12.2 Å². The monoisotopic (exact) mass is 462 g/mol. The molecule has 0 N–H and O–H groups in total. The van der Waals surface area contributed by atoms with Gasteiger partial charge in [0.2, 0.25) is 0 Å². The Morgan fingerprint density at radius 1 is 1.20 bits per heavy atom.